The van der Waals surface area contributed by atoms with E-state index < -0.39 is 263 Å². The van der Waals surface area contributed by atoms with E-state index in [0.29, 0.717) is 0 Å². The first-order valence-electron chi connectivity index (χ1n) is 26.5. The molecule has 0 aliphatic carbocycles. The number of carbonyl (C=O) groups excluding carboxylic acids is 7. The maximum atomic E-state index is 13.7. The van der Waals surface area contributed by atoms with E-state index in [9.17, 15) is 125 Å². The summed E-state index contributed by atoms with van der Waals surface area (Å²) in [4.78, 5) is 103. The van der Waals surface area contributed by atoms with Crippen LogP contribution in [0.1, 0.15) is 13.8 Å². The molecule has 484 valence electrons. The Morgan fingerprint density at radius 1 is 0.306 bits per heavy atom. The number of aliphatic hydroxyl groups is 16. The average Bonchev–Trinajstić information content (AvgIpc) is 2.57. The van der Waals surface area contributed by atoms with Crippen molar-refractivity contribution in [3.05, 3.63) is 0 Å². The lowest BCUT2D eigenvalue weighted by atomic mass is 9.91. The number of aliphatic carboxylic acids is 1. The number of rotatable bonds is 19. The van der Waals surface area contributed by atoms with E-state index in [4.69, 9.17) is 34.2 Å². The first kappa shape index (κ1) is 68.9. The molecule has 6 rings (SSSR count). The van der Waals surface area contributed by atoms with Crippen LogP contribution >= 0.6 is 0 Å². The Hall–Kier alpha value is -5.16. The summed E-state index contributed by atoms with van der Waals surface area (Å²) in [6.45, 7) is -2.39. The molecule has 0 aromatic heterocycles. The molecule has 6 aliphatic rings. The Balaban J connectivity index is 1.03. The van der Waals surface area contributed by atoms with Crippen molar-refractivity contribution in [2.75, 3.05) is 39.3 Å². The first-order chi connectivity index (χ1) is 39.8. The molecule has 1 unspecified atom stereocenters. The van der Waals surface area contributed by atoms with Gasteiger partial charge in [0.15, 0.2) is 36.6 Å². The van der Waals surface area contributed by atoms with Crippen molar-refractivity contribution in [1.29, 1.82) is 0 Å². The van der Waals surface area contributed by atoms with Gasteiger partial charge in [-0.05, 0) is 0 Å². The minimum Gasteiger partial charge on any atom is -0.479 e. The monoisotopic (exact) mass is 1230 g/mol. The maximum Gasteiger partial charge on any atom is 0.335 e. The zero-order valence-electron chi connectivity index (χ0n) is 45.0. The van der Waals surface area contributed by atoms with Crippen LogP contribution in [0.25, 0.3) is 0 Å². The molecule has 0 aromatic rings. The number of ether oxygens (including phenoxy) is 6. The molecule has 6 aliphatic heterocycles. The predicted molar refractivity (Wildman–Crippen MR) is 265 cm³/mol. The van der Waals surface area contributed by atoms with Crippen LogP contribution in [0.3, 0.4) is 0 Å². The summed E-state index contributed by atoms with van der Waals surface area (Å²) in [5, 5.41) is 195. The molecule has 0 radical (unpaired) electrons. The molecule has 6 fully saturated rings. The van der Waals surface area contributed by atoms with Crippen LogP contribution in [-0.4, -0.2) is 356 Å². The molecule has 0 bridgehead atoms. The summed E-state index contributed by atoms with van der Waals surface area (Å²) in [5.41, 5.74) is 5.52. The number of carboxylic acids is 1. The normalized spacial score (nSPS) is 43.9. The number of hydrogen-bond acceptors (Lipinski definition) is 31. The van der Waals surface area contributed by atoms with Gasteiger partial charge in [-0.25, -0.2) is 4.79 Å². The van der Waals surface area contributed by atoms with Crippen LogP contribution in [0.15, 0.2) is 0 Å². The number of amides is 7. The summed E-state index contributed by atoms with van der Waals surface area (Å²) in [6, 6.07) is -3.31. The highest BCUT2D eigenvalue weighted by atomic mass is 16.6. The van der Waals surface area contributed by atoms with Crippen LogP contribution in [0.4, 0.5) is 0 Å². The van der Waals surface area contributed by atoms with Gasteiger partial charge < -0.3 is 158 Å². The van der Waals surface area contributed by atoms with E-state index in [1.807, 2.05) is 0 Å². The van der Waals surface area contributed by atoms with Crippen molar-refractivity contribution >= 4 is 47.3 Å². The van der Waals surface area contributed by atoms with Gasteiger partial charge in [-0.15, -0.1) is 0 Å². The Kier molecular flexibility index (Phi) is 23.7. The second kappa shape index (κ2) is 29.2. The fourth-order valence-electron chi connectivity index (χ4n) is 10.4. The Bertz CT molecular complexity index is 2370. The first-order valence-corrected chi connectivity index (χ1v) is 26.5. The quantitative estimate of drug-likeness (QED) is 0.0571. The Morgan fingerprint density at radius 3 is 0.776 bits per heavy atom. The van der Waals surface area contributed by atoms with Gasteiger partial charge in [-0.1, -0.05) is 0 Å². The number of carbonyl (C=O) groups is 8. The molecule has 39 heteroatoms. The van der Waals surface area contributed by atoms with Crippen LogP contribution in [0, 0.1) is 0 Å². The minimum atomic E-state index is -2.22. The molecule has 85 heavy (non-hydrogen) atoms. The highest BCUT2D eigenvalue weighted by Crippen LogP contribution is 2.28. The summed E-state index contributed by atoms with van der Waals surface area (Å²) in [6.07, 6.45) is -54.4. The van der Waals surface area contributed by atoms with Crippen molar-refractivity contribution in [3.8, 4) is 0 Å². The zero-order chi connectivity index (χ0) is 63.4. The largest absolute Gasteiger partial charge is 0.479 e. The second-order valence-corrected chi connectivity index (χ2v) is 21.2. The molecule has 0 aromatic carbocycles. The summed E-state index contributed by atoms with van der Waals surface area (Å²) in [7, 11) is 0. The van der Waals surface area contributed by atoms with E-state index in [2.05, 4.69) is 37.2 Å². The van der Waals surface area contributed by atoms with E-state index >= 15 is 0 Å². The third-order valence-electron chi connectivity index (χ3n) is 15.2. The van der Waals surface area contributed by atoms with E-state index in [1.54, 1.807) is 0 Å². The number of nitrogens with two attached hydrogens (primary N) is 1. The lowest BCUT2D eigenvalue weighted by molar-refractivity contribution is -0.226. The Labute approximate surface area is 479 Å². The van der Waals surface area contributed by atoms with Crippen LogP contribution in [0.5, 0.6) is 0 Å². The molecule has 0 spiro atoms. The van der Waals surface area contributed by atoms with Gasteiger partial charge in [-0.3, -0.25) is 33.6 Å². The summed E-state index contributed by atoms with van der Waals surface area (Å²) in [5.74, 6) is -9.45. The lowest BCUT2D eigenvalue weighted by Crippen LogP contribution is -2.69. The smallest absolute Gasteiger partial charge is 0.335 e. The molecule has 0 saturated carbocycles. The molecule has 26 N–H and O–H groups in total. The van der Waals surface area contributed by atoms with Gasteiger partial charge in [0.1, 0.15) is 128 Å². The summed E-state index contributed by atoms with van der Waals surface area (Å²) < 4.78 is 32.9. The molecule has 30 atom stereocenters. The second-order valence-electron chi connectivity index (χ2n) is 21.2. The van der Waals surface area contributed by atoms with Crippen molar-refractivity contribution in [1.82, 2.24) is 37.2 Å². The fourth-order valence-corrected chi connectivity index (χ4v) is 10.4. The number of nitrogens with one attached hydrogen (secondary N) is 7. The van der Waals surface area contributed by atoms with Crippen molar-refractivity contribution in [3.63, 3.8) is 0 Å². The number of hydrogen-bond donors (Lipinski definition) is 25. The van der Waals surface area contributed by atoms with Crippen LogP contribution in [0.2, 0.25) is 0 Å². The van der Waals surface area contributed by atoms with Gasteiger partial charge >= 0.3 is 5.97 Å². The molecule has 7 amide bonds. The van der Waals surface area contributed by atoms with Crippen LogP contribution in [-0.2, 0) is 66.8 Å². The number of aliphatic hydroxyl groups excluding tert-OH is 16. The van der Waals surface area contributed by atoms with Crippen LogP contribution < -0.4 is 43.0 Å². The van der Waals surface area contributed by atoms with Gasteiger partial charge in [0.25, 0.3) is 29.5 Å². The van der Waals surface area contributed by atoms with Gasteiger partial charge in [0.2, 0.25) is 11.8 Å². The number of carboxylic acid groups (broad SMARTS) is 1. The van der Waals surface area contributed by atoms with Crippen molar-refractivity contribution in [2.24, 2.45) is 5.73 Å². The maximum absolute atomic E-state index is 13.7. The topological polar surface area (TPSA) is 646 Å². The fraction of sp³-hybridized carbons (Fsp3) is 0.826. The SMILES string of the molecule is CC(=O)N[C@@H]1[C@@H](O)[C@H](O)[C@@H](CNC(=O)[C@@H]2O[C@H](CNC(=O)[C@@H]3O[C@H](CNC(=O)[C@@H]4O[C@H](CNC(=O)[C@@H]5O[C@H](CNC(=O)[C@@H]6O[C@H](CN)[C@@H](O)[C@H](O)[C@H]6O)[C@@H](O)[C@H](O)[C@H]5NC(C)=O)[C@@H](O)[C@H](O)[C@H]4O)[C@@H](O)[C@H](O)[C@H]3O)C(O)[C@H](O)[C@H]2O)O[C@H]1C(=O)O. The Morgan fingerprint density at radius 2 is 0.518 bits per heavy atom. The highest BCUT2D eigenvalue weighted by molar-refractivity contribution is 5.85. The van der Waals surface area contributed by atoms with Gasteiger partial charge in [-0.2, -0.15) is 0 Å². The van der Waals surface area contributed by atoms with E-state index in [-0.39, 0.29) is 6.54 Å². The average molecular weight is 1240 g/mol. The molecule has 6 heterocycles. The predicted octanol–water partition coefficient (Wildman–Crippen LogP) is -18.0. The van der Waals surface area contributed by atoms with Gasteiger partial charge in [0, 0.05) is 53.1 Å². The summed E-state index contributed by atoms with van der Waals surface area (Å²) >= 11 is 0. The van der Waals surface area contributed by atoms with Crippen molar-refractivity contribution in [2.45, 2.75) is 197 Å². The lowest BCUT2D eigenvalue weighted by Gasteiger charge is -2.43. The minimum absolute atomic E-state index is 0.375. The third-order valence-corrected chi connectivity index (χ3v) is 15.2. The molecular weight excluding hydrogens is 1160 g/mol. The highest BCUT2D eigenvalue weighted by Gasteiger charge is 2.54. The van der Waals surface area contributed by atoms with E-state index in [0.717, 1.165) is 13.8 Å². The molecule has 6 saturated heterocycles. The zero-order valence-corrected chi connectivity index (χ0v) is 45.0. The molecular formula is C46H74N8O31. The van der Waals surface area contributed by atoms with Gasteiger partial charge in [0.05, 0.1) is 18.2 Å². The van der Waals surface area contributed by atoms with Crippen molar-refractivity contribution < 1.29 is 154 Å². The standard InChI is InChI=1S/C46H74N8O31/c1-9(55)53-17-25(63)20(58)12(4-49-42(74)37-31(69)27(65)19(57)11(3-47)80-37)81-35(17)41(73)48-6-14-22(60)28(66)32(70)39(83-14)44(76)51-8-16-24(62)30(68)34(72)40(85-16)45(77)52-7-15-23(61)29(67)33(71)38(84-15)43(75)50-5-13-21(59)26(64)18(54-10(2)56)36(82-13)46(78)79/h11-40,57-72H,3-8,47H2,1-2H3,(H,48,73)(H,49,74)(H,50,75)(H,51,76)(H,52,77)(H,53,55)(H,54,56)(H,78,79)/t11-,12-,13-,14-,15-,16-,17-,18-,19-,20-,21-,22-,23?,24-,25-,26-,27+,28+,29+,30+,31-,32-,33-,34-,35-,36-,37-,38-,39-,40-/m1/s1. The molecule has 39 nitrogen and oxygen atoms in total. The third kappa shape index (κ3) is 15.4. The van der Waals surface area contributed by atoms with E-state index in [1.165, 1.54) is 0 Å².